The van der Waals surface area contributed by atoms with E-state index < -0.39 is 0 Å². The van der Waals surface area contributed by atoms with Crippen molar-refractivity contribution in [3.8, 4) is 0 Å². The number of allylic oxidation sites excluding steroid dienone is 2. The number of hydrogen-bond donors (Lipinski definition) is 0. The molecule has 0 spiro atoms. The van der Waals surface area contributed by atoms with Crippen LogP contribution in [0.5, 0.6) is 0 Å². The number of carbonyl (C=O) groups is 3. The Kier molecular flexibility index (Phi) is 4.95. The van der Waals surface area contributed by atoms with E-state index >= 15 is 0 Å². The van der Waals surface area contributed by atoms with Gasteiger partial charge in [0.05, 0.1) is 21.9 Å². The molecule has 5 nitrogen and oxygen atoms in total. The van der Waals surface area contributed by atoms with Crippen molar-refractivity contribution in [2.75, 3.05) is 11.6 Å². The number of hydrogen-bond acceptors (Lipinski definition) is 3. The van der Waals surface area contributed by atoms with Crippen molar-refractivity contribution in [3.05, 3.63) is 75.3 Å². The summed E-state index contributed by atoms with van der Waals surface area (Å²) >= 11 is 12.2. The van der Waals surface area contributed by atoms with Gasteiger partial charge in [-0.25, -0.2) is 0 Å². The first-order valence-corrected chi connectivity index (χ1v) is 12.4. The molecule has 7 rings (SSSR count). The normalized spacial score (nSPS) is 30.4. The molecule has 2 aromatic carbocycles. The van der Waals surface area contributed by atoms with Crippen LogP contribution in [0.15, 0.2) is 48.6 Å². The van der Waals surface area contributed by atoms with Gasteiger partial charge in [-0.05, 0) is 85.4 Å². The van der Waals surface area contributed by atoms with Gasteiger partial charge in [0, 0.05) is 11.3 Å². The third-order valence-electron chi connectivity index (χ3n) is 7.97. The van der Waals surface area contributed by atoms with Crippen LogP contribution in [0.1, 0.15) is 27.9 Å². The van der Waals surface area contributed by atoms with E-state index in [9.17, 15) is 14.4 Å². The highest BCUT2D eigenvalue weighted by atomic mass is 35.5. The van der Waals surface area contributed by atoms with Crippen LogP contribution in [0.25, 0.3) is 0 Å². The fourth-order valence-electron chi connectivity index (χ4n) is 6.45. The Labute approximate surface area is 208 Å². The zero-order valence-electron chi connectivity index (χ0n) is 18.9. The smallest absolute Gasteiger partial charge is 0.259 e. The highest BCUT2D eigenvalue weighted by molar-refractivity contribution is 6.42. The number of nitrogens with zero attached hydrogens (tertiary/aromatic N) is 2. The van der Waals surface area contributed by atoms with Gasteiger partial charge in [-0.3, -0.25) is 24.2 Å². The van der Waals surface area contributed by atoms with Gasteiger partial charge in [0.1, 0.15) is 6.67 Å². The third kappa shape index (κ3) is 3.24. The number of halogens is 2. The molecule has 5 aliphatic rings. The molecule has 2 aromatic rings. The minimum absolute atomic E-state index is 0.124. The van der Waals surface area contributed by atoms with E-state index in [4.69, 9.17) is 23.2 Å². The second-order valence-corrected chi connectivity index (χ2v) is 10.9. The van der Waals surface area contributed by atoms with E-state index in [1.165, 1.54) is 15.9 Å². The molecular formula is C27H24Cl2N2O3. The fourth-order valence-corrected chi connectivity index (χ4v) is 6.75. The number of anilines is 1. The van der Waals surface area contributed by atoms with Crippen LogP contribution in [-0.2, 0) is 9.59 Å². The molecule has 0 aromatic heterocycles. The lowest BCUT2D eigenvalue weighted by molar-refractivity contribution is -0.140. The van der Waals surface area contributed by atoms with Crippen LogP contribution < -0.4 is 4.90 Å². The van der Waals surface area contributed by atoms with Crippen molar-refractivity contribution in [2.45, 2.75) is 20.3 Å². The second kappa shape index (κ2) is 7.69. The Hall–Kier alpha value is -2.63. The second-order valence-electron chi connectivity index (χ2n) is 10.1. The molecule has 1 aliphatic heterocycles. The van der Waals surface area contributed by atoms with Crippen molar-refractivity contribution in [3.63, 3.8) is 0 Å². The summed E-state index contributed by atoms with van der Waals surface area (Å²) in [5.41, 5.74) is 2.94. The molecule has 2 bridgehead atoms. The maximum absolute atomic E-state index is 13.7. The number of aryl methyl sites for hydroxylation is 2. The molecule has 6 atom stereocenters. The summed E-state index contributed by atoms with van der Waals surface area (Å²) in [6.45, 7) is 3.78. The van der Waals surface area contributed by atoms with Crippen molar-refractivity contribution in [2.24, 2.45) is 35.5 Å². The van der Waals surface area contributed by atoms with Gasteiger partial charge in [-0.1, -0.05) is 41.4 Å². The number of rotatable bonds is 4. The van der Waals surface area contributed by atoms with Crippen molar-refractivity contribution < 1.29 is 14.4 Å². The first-order valence-electron chi connectivity index (χ1n) is 11.6. The predicted molar refractivity (Wildman–Crippen MR) is 131 cm³/mol. The lowest BCUT2D eigenvalue weighted by Crippen LogP contribution is -2.45. The van der Waals surface area contributed by atoms with E-state index in [0.29, 0.717) is 28.1 Å². The first kappa shape index (κ1) is 21.9. The number of likely N-dealkylation sites (tertiary alicyclic amines) is 1. The van der Waals surface area contributed by atoms with Gasteiger partial charge < -0.3 is 0 Å². The quantitative estimate of drug-likeness (QED) is 0.429. The molecule has 34 heavy (non-hydrogen) atoms. The lowest BCUT2D eigenvalue weighted by atomic mass is 9.63. The van der Waals surface area contributed by atoms with E-state index in [0.717, 1.165) is 17.5 Å². The summed E-state index contributed by atoms with van der Waals surface area (Å²) in [6, 6.07) is 10.5. The molecule has 2 saturated carbocycles. The minimum atomic E-state index is -0.344. The average molecular weight is 495 g/mol. The topological polar surface area (TPSA) is 57.7 Å². The SMILES string of the molecule is Cc1cc(C)cc(N(CN2C(=O)C3C4C=CC(C5CC45)C3C2=O)C(=O)c2ccc(Cl)c(Cl)c2)c1. The first-order chi connectivity index (χ1) is 16.2. The summed E-state index contributed by atoms with van der Waals surface area (Å²) in [5, 5.41) is 0.626. The Morgan fingerprint density at radius 2 is 1.50 bits per heavy atom. The number of imide groups is 1. The highest BCUT2D eigenvalue weighted by Crippen LogP contribution is 2.65. The number of benzene rings is 2. The average Bonchev–Trinajstić information content (AvgIpc) is 3.58. The lowest BCUT2D eigenvalue weighted by Gasteiger charge is -2.37. The van der Waals surface area contributed by atoms with Crippen LogP contribution in [0.2, 0.25) is 10.0 Å². The van der Waals surface area contributed by atoms with E-state index in [-0.39, 0.29) is 53.1 Å². The molecule has 3 amide bonds. The Bertz CT molecular complexity index is 1230. The largest absolute Gasteiger partial charge is 0.290 e. The van der Waals surface area contributed by atoms with Crippen LogP contribution in [0, 0.1) is 49.4 Å². The summed E-state index contributed by atoms with van der Waals surface area (Å²) in [6.07, 6.45) is 5.41. The van der Waals surface area contributed by atoms with E-state index in [1.54, 1.807) is 12.1 Å². The molecule has 0 N–H and O–H groups in total. The summed E-state index contributed by atoms with van der Waals surface area (Å²) in [4.78, 5) is 43.6. The van der Waals surface area contributed by atoms with Crippen molar-refractivity contribution in [1.29, 1.82) is 0 Å². The van der Waals surface area contributed by atoms with Gasteiger partial charge >= 0.3 is 0 Å². The third-order valence-corrected chi connectivity index (χ3v) is 8.71. The molecule has 1 heterocycles. The zero-order chi connectivity index (χ0) is 23.9. The summed E-state index contributed by atoms with van der Waals surface area (Å²) in [5.74, 6) is 0.0845. The van der Waals surface area contributed by atoms with Crippen LogP contribution in [-0.4, -0.2) is 29.3 Å². The highest BCUT2D eigenvalue weighted by Gasteiger charge is 2.67. The molecule has 0 radical (unpaired) electrons. The zero-order valence-corrected chi connectivity index (χ0v) is 20.4. The van der Waals surface area contributed by atoms with Crippen molar-refractivity contribution in [1.82, 2.24) is 4.90 Å². The summed E-state index contributed by atoms with van der Waals surface area (Å²) < 4.78 is 0. The molecule has 6 unspecified atom stereocenters. The molecule has 7 heteroatoms. The van der Waals surface area contributed by atoms with Gasteiger partial charge in [-0.15, -0.1) is 0 Å². The summed E-state index contributed by atoms with van der Waals surface area (Å²) in [7, 11) is 0. The van der Waals surface area contributed by atoms with Gasteiger partial charge in [0.15, 0.2) is 0 Å². The van der Waals surface area contributed by atoms with Gasteiger partial charge in [-0.2, -0.15) is 0 Å². The molecule has 1 saturated heterocycles. The van der Waals surface area contributed by atoms with E-state index in [1.807, 2.05) is 32.0 Å². The predicted octanol–water partition coefficient (Wildman–Crippen LogP) is 5.27. The Morgan fingerprint density at radius 1 is 0.912 bits per heavy atom. The monoisotopic (exact) mass is 494 g/mol. The number of amides is 3. The van der Waals surface area contributed by atoms with Gasteiger partial charge in [0.25, 0.3) is 5.91 Å². The van der Waals surface area contributed by atoms with Crippen molar-refractivity contribution >= 4 is 46.6 Å². The standard InChI is InChI=1S/C27H24Cl2N2O3/c1-13-7-14(2)9-16(8-13)30(25(32)15-3-6-21(28)22(29)10-15)12-31-26(33)23-17-4-5-18(20-11-19(17)20)24(23)27(31)34/h3-10,17-20,23-24H,11-12H2,1-2H3. The minimum Gasteiger partial charge on any atom is -0.290 e. The molecule has 174 valence electrons. The maximum Gasteiger partial charge on any atom is 0.259 e. The van der Waals surface area contributed by atoms with Crippen LogP contribution in [0.3, 0.4) is 0 Å². The number of carbonyl (C=O) groups excluding carboxylic acids is 3. The molecular weight excluding hydrogens is 471 g/mol. The van der Waals surface area contributed by atoms with Crippen LogP contribution in [0.4, 0.5) is 5.69 Å². The Morgan fingerprint density at radius 3 is 2.06 bits per heavy atom. The van der Waals surface area contributed by atoms with Crippen LogP contribution >= 0.6 is 23.2 Å². The van der Waals surface area contributed by atoms with E-state index in [2.05, 4.69) is 12.2 Å². The van der Waals surface area contributed by atoms with Gasteiger partial charge in [0.2, 0.25) is 11.8 Å². The maximum atomic E-state index is 13.7. The Balaban J connectivity index is 1.37. The molecule has 4 aliphatic carbocycles. The fraction of sp³-hybridized carbons (Fsp3) is 0.370. The molecule has 3 fully saturated rings.